The quantitative estimate of drug-likeness (QED) is 0.591. The normalized spacial score (nSPS) is 11.8. The number of carbonyl (C=O) groups is 1. The second-order valence-electron chi connectivity index (χ2n) is 3.93. The molecule has 1 unspecified atom stereocenters. The molecule has 0 fully saturated rings. The molecule has 18 heavy (non-hydrogen) atoms. The highest BCUT2D eigenvalue weighted by atomic mass is 16.5. The summed E-state index contributed by atoms with van der Waals surface area (Å²) in [5.41, 5.74) is 1.33. The van der Waals surface area contributed by atoms with Crippen LogP contribution in [0.2, 0.25) is 0 Å². The van der Waals surface area contributed by atoms with Gasteiger partial charge < -0.3 is 4.74 Å². The maximum absolute atomic E-state index is 12.2. The van der Waals surface area contributed by atoms with Crippen molar-refractivity contribution in [2.24, 2.45) is 0 Å². The Labute approximate surface area is 106 Å². The summed E-state index contributed by atoms with van der Waals surface area (Å²) in [6.45, 7) is 0. The maximum Gasteiger partial charge on any atom is 0.212 e. The highest BCUT2D eigenvalue weighted by Crippen LogP contribution is 2.18. The monoisotopic (exact) mass is 240 g/mol. The summed E-state index contributed by atoms with van der Waals surface area (Å²) in [5, 5.41) is 0. The molecule has 0 aromatic carbocycles. The van der Waals surface area contributed by atoms with E-state index >= 15 is 0 Å². The lowest BCUT2D eigenvalue weighted by atomic mass is 9.77. The standard InChI is InChI=1S/C13H13BN2O2/c1-18-11-6-5-9(8-16-11)12(14)13(17)10-4-2-3-7-15-10/h2-8,12H,14H2,1H3. The smallest absolute Gasteiger partial charge is 0.212 e. The Bertz CT molecular complexity index is 528. The number of nitrogens with zero attached hydrogens (tertiary/aromatic N) is 2. The van der Waals surface area contributed by atoms with E-state index in [1.54, 1.807) is 43.8 Å². The van der Waals surface area contributed by atoms with Gasteiger partial charge in [-0.15, -0.1) is 0 Å². The molecular weight excluding hydrogens is 227 g/mol. The lowest BCUT2D eigenvalue weighted by Gasteiger charge is -2.10. The van der Waals surface area contributed by atoms with Crippen molar-refractivity contribution in [2.75, 3.05) is 7.11 Å². The minimum absolute atomic E-state index is 0.0115. The van der Waals surface area contributed by atoms with Gasteiger partial charge in [0.1, 0.15) is 13.5 Å². The van der Waals surface area contributed by atoms with Gasteiger partial charge in [-0.05, 0) is 17.7 Å². The average Bonchev–Trinajstić information content (AvgIpc) is 2.47. The molecule has 0 aliphatic rings. The Morgan fingerprint density at radius 2 is 2.11 bits per heavy atom. The summed E-state index contributed by atoms with van der Waals surface area (Å²) in [4.78, 5) is 20.3. The van der Waals surface area contributed by atoms with E-state index in [-0.39, 0.29) is 11.6 Å². The van der Waals surface area contributed by atoms with Crippen molar-refractivity contribution in [1.29, 1.82) is 0 Å². The van der Waals surface area contributed by atoms with Crippen LogP contribution < -0.4 is 4.74 Å². The minimum atomic E-state index is -0.265. The Hall–Kier alpha value is -2.17. The van der Waals surface area contributed by atoms with E-state index in [1.807, 2.05) is 13.9 Å². The van der Waals surface area contributed by atoms with Crippen molar-refractivity contribution in [3.63, 3.8) is 0 Å². The van der Waals surface area contributed by atoms with E-state index in [0.717, 1.165) is 5.56 Å². The topological polar surface area (TPSA) is 52.1 Å². The van der Waals surface area contributed by atoms with E-state index in [9.17, 15) is 4.79 Å². The molecule has 0 radical (unpaired) electrons. The molecule has 0 aliphatic carbocycles. The molecule has 2 rings (SSSR count). The minimum Gasteiger partial charge on any atom is -0.481 e. The molecule has 0 spiro atoms. The van der Waals surface area contributed by atoms with Gasteiger partial charge in [0.25, 0.3) is 0 Å². The van der Waals surface area contributed by atoms with Crippen LogP contribution in [0.4, 0.5) is 0 Å². The van der Waals surface area contributed by atoms with Crippen LogP contribution in [0, 0.1) is 0 Å². The van der Waals surface area contributed by atoms with Gasteiger partial charge in [-0.2, -0.15) is 0 Å². The van der Waals surface area contributed by atoms with Gasteiger partial charge in [-0.1, -0.05) is 12.1 Å². The molecule has 2 heterocycles. The SMILES string of the molecule is BC(C(=O)c1ccccn1)c1ccc(OC)nc1. The molecule has 90 valence electrons. The molecule has 0 saturated carbocycles. The molecule has 0 bridgehead atoms. The first-order chi connectivity index (χ1) is 8.72. The third-order valence-corrected chi connectivity index (χ3v) is 2.78. The number of methoxy groups -OCH3 is 1. The largest absolute Gasteiger partial charge is 0.481 e. The van der Waals surface area contributed by atoms with Gasteiger partial charge in [-0.3, -0.25) is 9.78 Å². The van der Waals surface area contributed by atoms with Gasteiger partial charge in [0, 0.05) is 24.3 Å². The second-order valence-corrected chi connectivity index (χ2v) is 3.93. The third kappa shape index (κ3) is 2.56. The van der Waals surface area contributed by atoms with Crippen LogP contribution >= 0.6 is 0 Å². The van der Waals surface area contributed by atoms with Gasteiger partial charge >= 0.3 is 0 Å². The van der Waals surface area contributed by atoms with Crippen LogP contribution in [0.1, 0.15) is 21.9 Å². The van der Waals surface area contributed by atoms with Gasteiger partial charge in [0.2, 0.25) is 5.88 Å². The lowest BCUT2D eigenvalue weighted by molar-refractivity contribution is 0.0982. The molecule has 2 aromatic rings. The van der Waals surface area contributed by atoms with Crippen LogP contribution in [-0.2, 0) is 0 Å². The average molecular weight is 240 g/mol. The Morgan fingerprint density at radius 1 is 1.28 bits per heavy atom. The highest BCUT2D eigenvalue weighted by Gasteiger charge is 2.18. The first-order valence-corrected chi connectivity index (χ1v) is 5.67. The van der Waals surface area contributed by atoms with Crippen molar-refractivity contribution in [2.45, 2.75) is 5.82 Å². The molecule has 0 aliphatic heterocycles. The first kappa shape index (κ1) is 12.3. The molecule has 0 N–H and O–H groups in total. The zero-order valence-corrected chi connectivity index (χ0v) is 10.3. The first-order valence-electron chi connectivity index (χ1n) is 5.67. The summed E-state index contributed by atoms with van der Waals surface area (Å²) in [6, 6.07) is 8.90. The molecule has 4 nitrogen and oxygen atoms in total. The van der Waals surface area contributed by atoms with Crippen molar-refractivity contribution >= 4 is 13.6 Å². The Balaban J connectivity index is 2.20. The number of hydrogen-bond acceptors (Lipinski definition) is 4. The van der Waals surface area contributed by atoms with Crippen molar-refractivity contribution < 1.29 is 9.53 Å². The number of rotatable bonds is 4. The van der Waals surface area contributed by atoms with E-state index in [1.165, 1.54) is 0 Å². The highest BCUT2D eigenvalue weighted by molar-refractivity contribution is 6.28. The molecule has 0 amide bonds. The van der Waals surface area contributed by atoms with Gasteiger partial charge in [0.05, 0.1) is 7.11 Å². The number of ketones is 1. The fraction of sp³-hybridized carbons (Fsp3) is 0.154. The van der Waals surface area contributed by atoms with Crippen LogP contribution in [0.15, 0.2) is 42.7 Å². The zero-order valence-electron chi connectivity index (χ0n) is 10.3. The second kappa shape index (κ2) is 5.45. The van der Waals surface area contributed by atoms with E-state index in [4.69, 9.17) is 4.74 Å². The van der Waals surface area contributed by atoms with Gasteiger partial charge in [-0.25, -0.2) is 4.98 Å². The van der Waals surface area contributed by atoms with Crippen LogP contribution in [-0.4, -0.2) is 30.7 Å². The summed E-state index contributed by atoms with van der Waals surface area (Å²) < 4.78 is 4.99. The number of aromatic nitrogens is 2. The van der Waals surface area contributed by atoms with Crippen LogP contribution in [0.5, 0.6) is 5.88 Å². The maximum atomic E-state index is 12.2. The molecule has 2 aromatic heterocycles. The molecule has 0 saturated heterocycles. The van der Waals surface area contributed by atoms with E-state index in [0.29, 0.717) is 11.6 Å². The Kier molecular flexibility index (Phi) is 3.72. The van der Waals surface area contributed by atoms with Gasteiger partial charge in [0.15, 0.2) is 5.78 Å². The number of Topliss-reactive ketones (excluding diaryl/α,β-unsaturated/α-hetero) is 1. The zero-order chi connectivity index (χ0) is 13.0. The fourth-order valence-corrected chi connectivity index (χ4v) is 1.65. The fourth-order valence-electron chi connectivity index (χ4n) is 1.65. The molecule has 5 heteroatoms. The van der Waals surface area contributed by atoms with Crippen molar-refractivity contribution in [3.05, 3.63) is 54.0 Å². The summed E-state index contributed by atoms with van der Waals surface area (Å²) >= 11 is 0. The number of pyridine rings is 2. The third-order valence-electron chi connectivity index (χ3n) is 2.78. The predicted molar refractivity (Wildman–Crippen MR) is 70.6 cm³/mol. The van der Waals surface area contributed by atoms with Crippen LogP contribution in [0.25, 0.3) is 0 Å². The molecule has 1 atom stereocenters. The lowest BCUT2D eigenvalue weighted by Crippen LogP contribution is -2.14. The number of ether oxygens (including phenoxy) is 1. The van der Waals surface area contributed by atoms with Crippen LogP contribution in [0.3, 0.4) is 0 Å². The summed E-state index contributed by atoms with van der Waals surface area (Å²) in [7, 11) is 3.41. The summed E-state index contributed by atoms with van der Waals surface area (Å²) in [6.07, 6.45) is 3.27. The molecular formula is C13H13BN2O2. The summed E-state index contributed by atoms with van der Waals surface area (Å²) in [5.74, 6) is 0.261. The van der Waals surface area contributed by atoms with Crippen molar-refractivity contribution in [1.82, 2.24) is 9.97 Å². The van der Waals surface area contributed by atoms with Crippen molar-refractivity contribution in [3.8, 4) is 5.88 Å². The number of hydrogen-bond donors (Lipinski definition) is 0. The van der Waals surface area contributed by atoms with E-state index in [2.05, 4.69) is 9.97 Å². The van der Waals surface area contributed by atoms with E-state index < -0.39 is 0 Å². The predicted octanol–water partition coefficient (Wildman–Crippen LogP) is 1.04. The number of carbonyl (C=O) groups excluding carboxylic acids is 1. The Morgan fingerprint density at radius 3 is 2.67 bits per heavy atom.